The van der Waals surface area contributed by atoms with Gasteiger partial charge in [-0.3, -0.25) is 0 Å². The molecule has 0 saturated carbocycles. The molecule has 0 aliphatic rings. The lowest BCUT2D eigenvalue weighted by Gasteiger charge is -1.98. The maximum absolute atomic E-state index is 11.6. The summed E-state index contributed by atoms with van der Waals surface area (Å²) in [4.78, 5) is 11.6. The molecule has 4 heteroatoms. The third kappa shape index (κ3) is 1.01. The molecule has 0 amide bonds. The summed E-state index contributed by atoms with van der Waals surface area (Å²) in [6.45, 7) is 2.04. The molecule has 3 aromatic rings. The molecule has 3 rings (SSSR count). The van der Waals surface area contributed by atoms with Crippen LogP contribution in [0.3, 0.4) is 0 Å². The second-order valence-electron chi connectivity index (χ2n) is 3.62. The smallest absolute Gasteiger partial charge is 0.216 e. The fourth-order valence-corrected chi connectivity index (χ4v) is 1.96. The van der Waals surface area contributed by atoms with Crippen LogP contribution in [0.1, 0.15) is 5.56 Å². The molecule has 4 nitrogen and oxygen atoms in total. The summed E-state index contributed by atoms with van der Waals surface area (Å²) < 4.78 is 1.64. The van der Waals surface area contributed by atoms with Crippen LogP contribution < -0.4 is 10.8 Å². The maximum Gasteiger partial charge on any atom is 0.449 e. The van der Waals surface area contributed by atoms with E-state index in [-0.39, 0.29) is 5.69 Å². The minimum atomic E-state index is -0.138. The molecular weight excluding hydrogens is 190 g/mol. The Morgan fingerprint density at radius 2 is 2.13 bits per heavy atom. The van der Waals surface area contributed by atoms with E-state index in [1.54, 1.807) is 4.40 Å². The molecule has 15 heavy (non-hydrogen) atoms. The lowest BCUT2D eigenvalue weighted by Crippen LogP contribution is -2.11. The molecule has 0 unspecified atom stereocenters. The van der Waals surface area contributed by atoms with Crippen molar-refractivity contribution in [1.82, 2.24) is 9.50 Å². The Kier molecular flexibility index (Phi) is 1.48. The number of hydrogen-bond donors (Lipinski definition) is 1. The van der Waals surface area contributed by atoms with E-state index in [1.165, 1.54) is 0 Å². The molecular formula is C11H10N3O+. The minimum Gasteiger partial charge on any atom is -0.216 e. The summed E-state index contributed by atoms with van der Waals surface area (Å²) in [7, 11) is 0. The van der Waals surface area contributed by atoms with Gasteiger partial charge in [-0.25, -0.2) is 4.79 Å². The molecule has 2 aromatic heterocycles. The standard InChI is InChI=1S/C11H9N3O/c1-7-6-10-12-13-11(15)14(10)9-5-3-2-4-8(7)9/h2-6H,1H3,(H,13,15)/p+1. The molecule has 0 aliphatic carbocycles. The second kappa shape index (κ2) is 2.70. The van der Waals surface area contributed by atoms with Crippen molar-refractivity contribution in [3.63, 3.8) is 0 Å². The van der Waals surface area contributed by atoms with E-state index in [9.17, 15) is 4.79 Å². The first-order chi connectivity index (χ1) is 7.27. The summed E-state index contributed by atoms with van der Waals surface area (Å²) in [5.41, 5.74) is 2.73. The van der Waals surface area contributed by atoms with Crippen LogP contribution in [0.15, 0.2) is 35.1 Å². The fourth-order valence-electron chi connectivity index (χ4n) is 1.96. The number of nitrogens with one attached hydrogen (secondary N) is 2. The fraction of sp³-hybridized carbons (Fsp3) is 0.0909. The predicted molar refractivity (Wildman–Crippen MR) is 56.8 cm³/mol. The summed E-state index contributed by atoms with van der Waals surface area (Å²) in [6, 6.07) is 9.82. The van der Waals surface area contributed by atoms with Crippen molar-refractivity contribution < 1.29 is 5.10 Å². The molecule has 0 aliphatic heterocycles. The van der Waals surface area contributed by atoms with Gasteiger partial charge in [0.2, 0.25) is 0 Å². The van der Waals surface area contributed by atoms with E-state index in [0.717, 1.165) is 22.1 Å². The zero-order chi connectivity index (χ0) is 10.4. The molecule has 0 spiro atoms. The molecule has 0 radical (unpaired) electrons. The Balaban J connectivity index is 2.74. The average Bonchev–Trinajstić information content (AvgIpc) is 2.61. The topological polar surface area (TPSA) is 51.4 Å². The maximum atomic E-state index is 11.6. The summed E-state index contributed by atoms with van der Waals surface area (Å²) >= 11 is 0. The van der Waals surface area contributed by atoms with Gasteiger partial charge in [-0.05, 0) is 18.6 Å². The molecule has 74 valence electrons. The largest absolute Gasteiger partial charge is 0.449 e. The van der Waals surface area contributed by atoms with Crippen molar-refractivity contribution in [2.24, 2.45) is 0 Å². The number of fused-ring (bicyclic) bond motifs is 3. The number of hydrogen-bond acceptors (Lipinski definition) is 1. The van der Waals surface area contributed by atoms with Crippen molar-refractivity contribution in [2.75, 3.05) is 0 Å². The molecule has 2 N–H and O–H groups in total. The number of benzene rings is 1. The van der Waals surface area contributed by atoms with Gasteiger partial charge >= 0.3 is 11.3 Å². The number of aromatic nitrogens is 3. The van der Waals surface area contributed by atoms with Gasteiger partial charge < -0.3 is 0 Å². The molecule has 1 aromatic carbocycles. The van der Waals surface area contributed by atoms with Crippen LogP contribution in [0.4, 0.5) is 0 Å². The highest BCUT2D eigenvalue weighted by atomic mass is 16.1. The van der Waals surface area contributed by atoms with Crippen LogP contribution in [0.25, 0.3) is 16.6 Å². The van der Waals surface area contributed by atoms with Gasteiger partial charge in [-0.2, -0.15) is 10.2 Å². The van der Waals surface area contributed by atoms with Gasteiger partial charge in [-0.1, -0.05) is 18.2 Å². The minimum absolute atomic E-state index is 0.138. The van der Waals surface area contributed by atoms with Crippen molar-refractivity contribution >= 4 is 16.6 Å². The molecule has 0 fully saturated rings. The lowest BCUT2D eigenvalue weighted by atomic mass is 10.1. The SMILES string of the molecule is Cc1cc2[nH+][nH]c(=O)n2c2ccccc12. The highest BCUT2D eigenvalue weighted by Crippen LogP contribution is 2.17. The Morgan fingerprint density at radius 3 is 3.00 bits per heavy atom. The molecule has 0 atom stereocenters. The van der Waals surface area contributed by atoms with Gasteiger partial charge in [0.25, 0.3) is 0 Å². The van der Waals surface area contributed by atoms with Crippen LogP contribution in [0, 0.1) is 6.92 Å². The van der Waals surface area contributed by atoms with Gasteiger partial charge in [-0.15, -0.1) is 4.40 Å². The average molecular weight is 200 g/mol. The molecule has 0 saturated heterocycles. The monoisotopic (exact) mass is 200 g/mol. The highest BCUT2D eigenvalue weighted by molar-refractivity contribution is 5.84. The normalized spacial score (nSPS) is 11.3. The number of rotatable bonds is 0. The van der Waals surface area contributed by atoms with Gasteiger partial charge in [0.1, 0.15) is 5.52 Å². The van der Waals surface area contributed by atoms with Crippen LogP contribution in [0.5, 0.6) is 0 Å². The zero-order valence-electron chi connectivity index (χ0n) is 8.24. The Labute approximate surface area is 85.2 Å². The van der Waals surface area contributed by atoms with Crippen LogP contribution in [-0.2, 0) is 0 Å². The van der Waals surface area contributed by atoms with Crippen LogP contribution in [0.2, 0.25) is 0 Å². The quantitative estimate of drug-likeness (QED) is 0.576. The van der Waals surface area contributed by atoms with Crippen molar-refractivity contribution in [3.8, 4) is 0 Å². The summed E-state index contributed by atoms with van der Waals surface area (Å²) in [6.07, 6.45) is 0. The van der Waals surface area contributed by atoms with Gasteiger partial charge in [0, 0.05) is 11.5 Å². The van der Waals surface area contributed by atoms with Crippen molar-refractivity contribution in [3.05, 3.63) is 46.4 Å². The van der Waals surface area contributed by atoms with Gasteiger partial charge in [0.05, 0.1) is 0 Å². The Hall–Kier alpha value is -2.10. The Morgan fingerprint density at radius 1 is 1.33 bits per heavy atom. The zero-order valence-corrected chi connectivity index (χ0v) is 8.24. The number of H-pyrrole nitrogens is 2. The van der Waals surface area contributed by atoms with E-state index in [0.29, 0.717) is 0 Å². The first kappa shape index (κ1) is 8.23. The molecule has 0 bridgehead atoms. The van der Waals surface area contributed by atoms with E-state index < -0.39 is 0 Å². The van der Waals surface area contributed by atoms with Gasteiger partial charge in [0.15, 0.2) is 0 Å². The first-order valence-corrected chi connectivity index (χ1v) is 4.78. The first-order valence-electron chi connectivity index (χ1n) is 4.78. The number of para-hydroxylation sites is 1. The summed E-state index contributed by atoms with van der Waals surface area (Å²) in [5.74, 6) is 0. The van der Waals surface area contributed by atoms with E-state index in [2.05, 4.69) is 10.2 Å². The van der Waals surface area contributed by atoms with E-state index in [1.807, 2.05) is 37.3 Å². The lowest BCUT2D eigenvalue weighted by molar-refractivity contribution is -0.423. The Bertz CT molecular complexity index is 708. The molecule has 2 heterocycles. The third-order valence-electron chi connectivity index (χ3n) is 2.66. The van der Waals surface area contributed by atoms with Crippen molar-refractivity contribution in [2.45, 2.75) is 6.92 Å². The number of pyridine rings is 1. The summed E-state index contributed by atoms with van der Waals surface area (Å²) in [5, 5.41) is 6.52. The van der Waals surface area contributed by atoms with E-state index >= 15 is 0 Å². The van der Waals surface area contributed by atoms with Crippen molar-refractivity contribution in [1.29, 1.82) is 0 Å². The van der Waals surface area contributed by atoms with E-state index in [4.69, 9.17) is 0 Å². The predicted octanol–water partition coefficient (Wildman–Crippen LogP) is 0.903. The number of nitrogens with zero attached hydrogens (tertiary/aromatic N) is 1. The van der Waals surface area contributed by atoms with Crippen LogP contribution in [-0.4, -0.2) is 9.50 Å². The number of aromatic amines is 2. The third-order valence-corrected chi connectivity index (χ3v) is 2.66. The second-order valence-corrected chi connectivity index (χ2v) is 3.62. The highest BCUT2D eigenvalue weighted by Gasteiger charge is 2.13. The van der Waals surface area contributed by atoms with Crippen LogP contribution >= 0.6 is 0 Å². The number of aryl methyl sites for hydroxylation is 1.